The molecule has 2 rings (SSSR count). The molecule has 0 fully saturated rings. The van der Waals surface area contributed by atoms with Crippen molar-refractivity contribution in [1.82, 2.24) is 0 Å². The molecule has 2 atom stereocenters. The summed E-state index contributed by atoms with van der Waals surface area (Å²) in [6, 6.07) is 5.14. The molecule has 1 aliphatic heterocycles. The van der Waals surface area contributed by atoms with E-state index < -0.39 is 11.7 Å². The molecule has 1 heterocycles. The molecule has 1 aromatic carbocycles. The van der Waals surface area contributed by atoms with Crippen LogP contribution in [0.3, 0.4) is 0 Å². The maximum Gasteiger partial charge on any atom is 0.314 e. The lowest BCUT2D eigenvalue weighted by molar-refractivity contribution is -0.257. The fourth-order valence-electron chi connectivity index (χ4n) is 1.73. The van der Waals surface area contributed by atoms with Crippen molar-refractivity contribution in [3.05, 3.63) is 23.8 Å². The number of alkyl halides is 2. The molecule has 1 aliphatic rings. The third-order valence-corrected chi connectivity index (χ3v) is 3.21. The molecule has 0 bridgehead atoms. The second-order valence-corrected chi connectivity index (χ2v) is 5.95. The van der Waals surface area contributed by atoms with Gasteiger partial charge < -0.3 is 9.47 Å². The Morgan fingerprint density at radius 1 is 0.944 bits per heavy atom. The van der Waals surface area contributed by atoms with Gasteiger partial charge in [0.25, 0.3) is 0 Å². The molecule has 100 valence electrons. The molecule has 0 saturated heterocycles. The Kier molecular flexibility index (Phi) is 2.62. The van der Waals surface area contributed by atoms with Crippen molar-refractivity contribution in [3.63, 3.8) is 0 Å². The third kappa shape index (κ3) is 2.04. The Labute approximate surface area is 106 Å². The van der Waals surface area contributed by atoms with E-state index in [2.05, 4.69) is 0 Å². The molecule has 0 radical (unpaired) electrons. The number of ether oxygens (including phenoxy) is 2. The van der Waals surface area contributed by atoms with Crippen molar-refractivity contribution in [2.45, 2.75) is 51.7 Å². The summed E-state index contributed by atoms with van der Waals surface area (Å²) in [4.78, 5) is 0. The average Bonchev–Trinajstić information content (AvgIpc) is 2.16. The lowest BCUT2D eigenvalue weighted by Gasteiger charge is -2.39. The zero-order valence-electron chi connectivity index (χ0n) is 11.3. The molecule has 0 N–H and O–H groups in total. The first-order chi connectivity index (χ1) is 8.03. The van der Waals surface area contributed by atoms with E-state index in [4.69, 9.17) is 9.47 Å². The highest BCUT2D eigenvalue weighted by molar-refractivity contribution is 5.46. The van der Waals surface area contributed by atoms with Gasteiger partial charge in [0, 0.05) is 13.8 Å². The molecule has 4 heteroatoms. The van der Waals surface area contributed by atoms with Gasteiger partial charge in [-0.1, -0.05) is 26.8 Å². The summed E-state index contributed by atoms with van der Waals surface area (Å²) in [6.45, 7) is 8.15. The first kappa shape index (κ1) is 13.1. The number of hydrogen-bond donors (Lipinski definition) is 0. The van der Waals surface area contributed by atoms with Gasteiger partial charge in [-0.05, 0) is 23.1 Å². The Hall–Kier alpha value is -1.32. The number of halogens is 2. The topological polar surface area (TPSA) is 18.5 Å². The minimum atomic E-state index is -2.50. The molecule has 0 saturated carbocycles. The van der Waals surface area contributed by atoms with Crippen molar-refractivity contribution in [2.75, 3.05) is 0 Å². The third-order valence-electron chi connectivity index (χ3n) is 3.21. The first-order valence-corrected chi connectivity index (χ1v) is 5.93. The monoisotopic (exact) mass is 256 g/mol. The second kappa shape index (κ2) is 3.59. The van der Waals surface area contributed by atoms with E-state index in [9.17, 15) is 8.78 Å². The van der Waals surface area contributed by atoms with E-state index in [1.54, 1.807) is 12.1 Å². The van der Waals surface area contributed by atoms with E-state index in [-0.39, 0.29) is 16.9 Å². The lowest BCUT2D eigenvalue weighted by Crippen LogP contribution is -2.54. The molecule has 18 heavy (non-hydrogen) atoms. The smallest absolute Gasteiger partial charge is 0.314 e. The summed E-state index contributed by atoms with van der Waals surface area (Å²) in [7, 11) is 0. The summed E-state index contributed by atoms with van der Waals surface area (Å²) < 4.78 is 38.1. The number of benzene rings is 1. The zero-order valence-corrected chi connectivity index (χ0v) is 11.3. The van der Waals surface area contributed by atoms with Gasteiger partial charge in [-0.3, -0.25) is 0 Å². The predicted molar refractivity (Wildman–Crippen MR) is 65.4 cm³/mol. The quantitative estimate of drug-likeness (QED) is 0.695. The molecule has 0 spiro atoms. The Morgan fingerprint density at radius 2 is 1.44 bits per heavy atom. The summed E-state index contributed by atoms with van der Waals surface area (Å²) in [5.74, 6) is -4.54. The van der Waals surface area contributed by atoms with Crippen LogP contribution in [0.5, 0.6) is 11.5 Å². The predicted octanol–water partition coefficient (Wildman–Crippen LogP) is 4.13. The summed E-state index contributed by atoms with van der Waals surface area (Å²) >= 11 is 0. The van der Waals surface area contributed by atoms with Crippen molar-refractivity contribution in [1.29, 1.82) is 0 Å². The van der Waals surface area contributed by atoms with E-state index in [1.165, 1.54) is 0 Å². The van der Waals surface area contributed by atoms with Gasteiger partial charge in [0.15, 0.2) is 11.5 Å². The minimum Gasteiger partial charge on any atom is -0.448 e. The van der Waals surface area contributed by atoms with Crippen LogP contribution in [0, 0.1) is 0 Å². The van der Waals surface area contributed by atoms with Gasteiger partial charge in [-0.2, -0.15) is 8.78 Å². The maximum absolute atomic E-state index is 14.0. The lowest BCUT2D eigenvalue weighted by atomic mass is 9.87. The Bertz CT molecular complexity index is 473. The van der Waals surface area contributed by atoms with Crippen molar-refractivity contribution < 1.29 is 18.3 Å². The highest BCUT2D eigenvalue weighted by Crippen LogP contribution is 2.46. The molecule has 0 aliphatic carbocycles. The fraction of sp³-hybridized carbons (Fsp3) is 0.571. The van der Waals surface area contributed by atoms with Crippen LogP contribution in [0.15, 0.2) is 18.2 Å². The van der Waals surface area contributed by atoms with Gasteiger partial charge in [0.2, 0.25) is 0 Å². The largest absolute Gasteiger partial charge is 0.448 e. The fourth-order valence-corrected chi connectivity index (χ4v) is 1.73. The number of hydrogen-bond acceptors (Lipinski definition) is 2. The van der Waals surface area contributed by atoms with Crippen LogP contribution < -0.4 is 9.47 Å². The highest BCUT2D eigenvalue weighted by atomic mass is 19.2. The van der Waals surface area contributed by atoms with E-state index in [0.29, 0.717) is 0 Å². The van der Waals surface area contributed by atoms with Crippen LogP contribution in [0.4, 0.5) is 8.78 Å². The van der Waals surface area contributed by atoms with Gasteiger partial charge in [-0.15, -0.1) is 0 Å². The number of fused-ring (bicyclic) bond motifs is 1. The zero-order chi connectivity index (χ0) is 13.8. The van der Waals surface area contributed by atoms with Crippen LogP contribution in [0.2, 0.25) is 0 Å². The average molecular weight is 256 g/mol. The molecular weight excluding hydrogens is 238 g/mol. The molecule has 1 aromatic rings. The second-order valence-electron chi connectivity index (χ2n) is 5.95. The first-order valence-electron chi connectivity index (χ1n) is 5.93. The molecular formula is C14H18F2O2. The molecule has 2 unspecified atom stereocenters. The molecule has 0 aromatic heterocycles. The normalized spacial score (nSPS) is 31.3. The number of rotatable bonds is 0. The Morgan fingerprint density at radius 3 is 1.94 bits per heavy atom. The van der Waals surface area contributed by atoms with Gasteiger partial charge >= 0.3 is 11.7 Å². The minimum absolute atomic E-state index is 0.0957. The van der Waals surface area contributed by atoms with Crippen LogP contribution in [0.1, 0.15) is 40.2 Å². The van der Waals surface area contributed by atoms with Gasteiger partial charge in [0.1, 0.15) is 0 Å². The van der Waals surface area contributed by atoms with Crippen LogP contribution in [-0.2, 0) is 5.41 Å². The molecule has 2 nitrogen and oxygen atoms in total. The summed E-state index contributed by atoms with van der Waals surface area (Å²) in [5, 5.41) is 0. The van der Waals surface area contributed by atoms with E-state index in [0.717, 1.165) is 19.4 Å². The van der Waals surface area contributed by atoms with Gasteiger partial charge in [0.05, 0.1) is 0 Å². The maximum atomic E-state index is 14.0. The van der Waals surface area contributed by atoms with Crippen molar-refractivity contribution in [3.8, 4) is 11.5 Å². The Balaban J connectivity index is 2.46. The highest BCUT2D eigenvalue weighted by Gasteiger charge is 2.54. The SMILES string of the molecule is CC(C)(C)c1ccc2c(c1)OC(C)(F)C(C)(F)O2. The van der Waals surface area contributed by atoms with Crippen molar-refractivity contribution >= 4 is 0 Å². The standard InChI is InChI=1S/C14H18F2O2/c1-12(2,3)9-6-7-10-11(8-9)18-14(5,16)13(4,15)17-10/h6-8H,1-5H3. The van der Waals surface area contributed by atoms with Crippen molar-refractivity contribution in [2.24, 2.45) is 0 Å². The molecule has 0 amide bonds. The van der Waals surface area contributed by atoms with Crippen LogP contribution >= 0.6 is 0 Å². The van der Waals surface area contributed by atoms with Crippen LogP contribution in [-0.4, -0.2) is 11.7 Å². The summed E-state index contributed by atoms with van der Waals surface area (Å²) in [5.41, 5.74) is 0.879. The summed E-state index contributed by atoms with van der Waals surface area (Å²) in [6.07, 6.45) is 0. The van der Waals surface area contributed by atoms with E-state index in [1.807, 2.05) is 26.8 Å². The van der Waals surface area contributed by atoms with Gasteiger partial charge in [-0.25, -0.2) is 0 Å². The van der Waals surface area contributed by atoms with Crippen LogP contribution in [0.25, 0.3) is 0 Å². The van der Waals surface area contributed by atoms with E-state index >= 15 is 0 Å².